The van der Waals surface area contributed by atoms with Crippen LogP contribution < -0.4 is 10.6 Å². The Labute approximate surface area is 138 Å². The Morgan fingerprint density at radius 2 is 1.83 bits per heavy atom. The molecule has 2 rings (SSSR count). The van der Waals surface area contributed by atoms with E-state index in [4.69, 9.17) is 5.26 Å². The van der Waals surface area contributed by atoms with Crippen LogP contribution in [0.15, 0.2) is 66.4 Å². The van der Waals surface area contributed by atoms with Crippen LogP contribution in [0.1, 0.15) is 5.56 Å². The molecule has 7 heteroatoms. The molecule has 0 aliphatic rings. The van der Waals surface area contributed by atoms with Crippen LogP contribution in [0.4, 0.5) is 11.4 Å². The molecule has 0 radical (unpaired) electrons. The van der Waals surface area contributed by atoms with Crippen molar-refractivity contribution in [2.75, 3.05) is 5.32 Å². The number of benzene rings is 2. The molecule has 0 spiro atoms. The third-order valence-electron chi connectivity index (χ3n) is 3.11. The molecule has 0 heterocycles. The summed E-state index contributed by atoms with van der Waals surface area (Å²) in [5.74, 6) is -0.715. The maximum atomic E-state index is 12.1. The Hall–Kier alpha value is -3.66. The molecule has 0 saturated heterocycles. The summed E-state index contributed by atoms with van der Waals surface area (Å²) in [5.41, 5.74) is 0.617. The summed E-state index contributed by atoms with van der Waals surface area (Å²) in [6.07, 6.45) is 1.29. The average molecular weight is 322 g/mol. The first-order chi connectivity index (χ1) is 11.6. The lowest BCUT2D eigenvalue weighted by Crippen LogP contribution is -2.17. The van der Waals surface area contributed by atoms with Crippen molar-refractivity contribution in [1.82, 2.24) is 5.32 Å². The molecule has 2 N–H and O–H groups in total. The van der Waals surface area contributed by atoms with Crippen LogP contribution in [0.5, 0.6) is 0 Å². The third-order valence-corrected chi connectivity index (χ3v) is 3.11. The molecule has 2 aromatic rings. The number of amides is 1. The van der Waals surface area contributed by atoms with Gasteiger partial charge in [-0.1, -0.05) is 42.5 Å². The number of nitrogens with zero attached hydrogens (tertiary/aromatic N) is 2. The molecule has 0 aliphatic carbocycles. The predicted molar refractivity (Wildman–Crippen MR) is 88.7 cm³/mol. The normalized spacial score (nSPS) is 10.5. The minimum Gasteiger partial charge on any atom is -0.386 e. The van der Waals surface area contributed by atoms with Crippen LogP contribution in [-0.4, -0.2) is 10.8 Å². The highest BCUT2D eigenvalue weighted by Gasteiger charge is 2.16. The number of nitro groups is 1. The zero-order valence-corrected chi connectivity index (χ0v) is 12.6. The first-order valence-electron chi connectivity index (χ1n) is 7.04. The molecule has 0 aliphatic heterocycles. The quantitative estimate of drug-likeness (QED) is 0.368. The lowest BCUT2D eigenvalue weighted by atomic mass is 10.2. The van der Waals surface area contributed by atoms with Gasteiger partial charge in [0.15, 0.2) is 0 Å². The van der Waals surface area contributed by atoms with E-state index >= 15 is 0 Å². The van der Waals surface area contributed by atoms with E-state index in [1.54, 1.807) is 12.1 Å². The summed E-state index contributed by atoms with van der Waals surface area (Å²) in [6, 6.07) is 17.0. The van der Waals surface area contributed by atoms with Crippen molar-refractivity contribution in [2.24, 2.45) is 0 Å². The molecular formula is C17H14N4O3. The average Bonchev–Trinajstić information content (AvgIpc) is 2.60. The third kappa shape index (κ3) is 4.42. The molecule has 0 bridgehead atoms. The highest BCUT2D eigenvalue weighted by atomic mass is 16.6. The molecule has 0 unspecified atom stereocenters. The van der Waals surface area contributed by atoms with Gasteiger partial charge >= 0.3 is 0 Å². The molecule has 0 aromatic heterocycles. The SMILES string of the molecule is N#C/C(=C/NCc1ccccc1)C(=O)Nc1ccccc1[N+](=O)[O-]. The smallest absolute Gasteiger partial charge is 0.292 e. The number of para-hydroxylation sites is 2. The van der Waals surface area contributed by atoms with Crippen molar-refractivity contribution < 1.29 is 9.72 Å². The Morgan fingerprint density at radius 3 is 2.50 bits per heavy atom. The molecule has 0 atom stereocenters. The van der Waals surface area contributed by atoms with Crippen molar-refractivity contribution in [1.29, 1.82) is 5.26 Å². The van der Waals surface area contributed by atoms with Crippen LogP contribution in [-0.2, 0) is 11.3 Å². The van der Waals surface area contributed by atoms with Crippen molar-refractivity contribution in [3.05, 3.63) is 82.0 Å². The van der Waals surface area contributed by atoms with E-state index in [0.717, 1.165) is 5.56 Å². The van der Waals surface area contributed by atoms with E-state index in [0.29, 0.717) is 6.54 Å². The second-order valence-corrected chi connectivity index (χ2v) is 4.76. The summed E-state index contributed by atoms with van der Waals surface area (Å²) < 4.78 is 0. The van der Waals surface area contributed by atoms with Gasteiger partial charge in [-0.05, 0) is 11.6 Å². The number of nitro benzene ring substituents is 1. The predicted octanol–water partition coefficient (Wildman–Crippen LogP) is 2.73. The second-order valence-electron chi connectivity index (χ2n) is 4.76. The van der Waals surface area contributed by atoms with E-state index in [-0.39, 0.29) is 16.9 Å². The molecule has 24 heavy (non-hydrogen) atoms. The maximum absolute atomic E-state index is 12.1. The van der Waals surface area contributed by atoms with Gasteiger partial charge in [-0.3, -0.25) is 14.9 Å². The van der Waals surface area contributed by atoms with E-state index in [9.17, 15) is 14.9 Å². The number of rotatable bonds is 6. The second kappa shape index (κ2) is 8.10. The number of hydrogen-bond donors (Lipinski definition) is 2. The fourth-order valence-electron chi connectivity index (χ4n) is 1.94. The van der Waals surface area contributed by atoms with Crippen LogP contribution in [0.2, 0.25) is 0 Å². The zero-order chi connectivity index (χ0) is 17.4. The Bertz CT molecular complexity index is 810. The summed E-state index contributed by atoms with van der Waals surface area (Å²) in [7, 11) is 0. The number of anilines is 1. The minimum atomic E-state index is -0.715. The molecule has 120 valence electrons. The van der Waals surface area contributed by atoms with Crippen molar-refractivity contribution in [2.45, 2.75) is 6.54 Å². The molecule has 1 amide bonds. The fourth-order valence-corrected chi connectivity index (χ4v) is 1.94. The Morgan fingerprint density at radius 1 is 1.17 bits per heavy atom. The van der Waals surface area contributed by atoms with Gasteiger partial charge in [0.1, 0.15) is 17.3 Å². The first kappa shape index (κ1) is 16.7. The van der Waals surface area contributed by atoms with Crippen LogP contribution in [0.3, 0.4) is 0 Å². The minimum absolute atomic E-state index is 0.0386. The lowest BCUT2D eigenvalue weighted by molar-refractivity contribution is -0.383. The Balaban J connectivity index is 2.05. The van der Waals surface area contributed by atoms with Gasteiger partial charge in [0.25, 0.3) is 11.6 Å². The van der Waals surface area contributed by atoms with E-state index < -0.39 is 10.8 Å². The van der Waals surface area contributed by atoms with Gasteiger partial charge in [-0.2, -0.15) is 5.26 Å². The van der Waals surface area contributed by atoms with Crippen molar-refractivity contribution in [3.63, 3.8) is 0 Å². The van der Waals surface area contributed by atoms with E-state index in [1.165, 1.54) is 24.4 Å². The highest BCUT2D eigenvalue weighted by Crippen LogP contribution is 2.23. The summed E-state index contributed by atoms with van der Waals surface area (Å²) in [5, 5.41) is 25.3. The van der Waals surface area contributed by atoms with Gasteiger partial charge < -0.3 is 10.6 Å². The van der Waals surface area contributed by atoms with E-state index in [1.807, 2.05) is 30.3 Å². The number of nitrogens with one attached hydrogen (secondary N) is 2. The largest absolute Gasteiger partial charge is 0.386 e. The molecule has 0 fully saturated rings. The van der Waals surface area contributed by atoms with Crippen molar-refractivity contribution in [3.8, 4) is 6.07 Å². The number of carbonyl (C=O) groups excluding carboxylic acids is 1. The van der Waals surface area contributed by atoms with Crippen LogP contribution in [0, 0.1) is 21.4 Å². The lowest BCUT2D eigenvalue weighted by Gasteiger charge is -2.06. The molecule has 2 aromatic carbocycles. The monoisotopic (exact) mass is 322 g/mol. The maximum Gasteiger partial charge on any atom is 0.292 e. The summed E-state index contributed by atoms with van der Waals surface area (Å²) in [4.78, 5) is 22.4. The van der Waals surface area contributed by atoms with Crippen molar-refractivity contribution >= 4 is 17.3 Å². The van der Waals surface area contributed by atoms with Gasteiger partial charge in [-0.15, -0.1) is 0 Å². The van der Waals surface area contributed by atoms with Crippen LogP contribution in [0.25, 0.3) is 0 Å². The van der Waals surface area contributed by atoms with Gasteiger partial charge in [-0.25, -0.2) is 0 Å². The molecular weight excluding hydrogens is 308 g/mol. The van der Waals surface area contributed by atoms with Crippen LogP contribution >= 0.6 is 0 Å². The fraction of sp³-hybridized carbons (Fsp3) is 0.0588. The number of hydrogen-bond acceptors (Lipinski definition) is 5. The summed E-state index contributed by atoms with van der Waals surface area (Å²) >= 11 is 0. The van der Waals surface area contributed by atoms with Gasteiger partial charge in [0.2, 0.25) is 0 Å². The highest BCUT2D eigenvalue weighted by molar-refractivity contribution is 6.07. The topological polar surface area (TPSA) is 108 Å². The first-order valence-corrected chi connectivity index (χ1v) is 7.04. The Kier molecular flexibility index (Phi) is 5.64. The van der Waals surface area contributed by atoms with Gasteiger partial charge in [0.05, 0.1) is 4.92 Å². The number of nitriles is 1. The zero-order valence-electron chi connectivity index (χ0n) is 12.6. The number of carbonyl (C=O) groups is 1. The standard InChI is InChI=1S/C17H14N4O3/c18-10-14(12-19-11-13-6-2-1-3-7-13)17(22)20-15-8-4-5-9-16(15)21(23)24/h1-9,12,19H,11H2,(H,20,22)/b14-12-. The van der Waals surface area contributed by atoms with Gasteiger partial charge in [0, 0.05) is 18.8 Å². The summed E-state index contributed by atoms with van der Waals surface area (Å²) in [6.45, 7) is 0.449. The molecule has 0 saturated carbocycles. The van der Waals surface area contributed by atoms with E-state index in [2.05, 4.69) is 10.6 Å². The molecule has 7 nitrogen and oxygen atoms in total.